The van der Waals surface area contributed by atoms with Crippen molar-refractivity contribution < 1.29 is 8.78 Å². The van der Waals surface area contributed by atoms with Crippen LogP contribution >= 0.6 is 0 Å². The highest BCUT2D eigenvalue weighted by molar-refractivity contribution is 5.22. The fourth-order valence-electron chi connectivity index (χ4n) is 2.19. The zero-order chi connectivity index (χ0) is 10.0. The predicted octanol–water partition coefficient (Wildman–Crippen LogP) is 3.98. The third kappa shape index (κ3) is 1.79. The van der Waals surface area contributed by atoms with Crippen molar-refractivity contribution in [3.8, 4) is 0 Å². The van der Waals surface area contributed by atoms with Crippen LogP contribution in [0.2, 0.25) is 0 Å². The van der Waals surface area contributed by atoms with Gasteiger partial charge in [0, 0.05) is 12.3 Å². The maximum Gasteiger partial charge on any atom is 0.254 e. The number of alkyl halides is 2. The Morgan fingerprint density at radius 2 is 1.79 bits per heavy atom. The van der Waals surface area contributed by atoms with Crippen molar-refractivity contribution in [2.75, 3.05) is 0 Å². The Balaban J connectivity index is 2.24. The molecule has 0 aliphatic heterocycles. The van der Waals surface area contributed by atoms with E-state index in [2.05, 4.69) is 0 Å². The molecule has 1 atom stereocenters. The summed E-state index contributed by atoms with van der Waals surface area (Å²) in [7, 11) is 0. The summed E-state index contributed by atoms with van der Waals surface area (Å²) in [5.74, 6) is -3.06. The Morgan fingerprint density at radius 3 is 2.43 bits per heavy atom. The minimum atomic E-state index is -2.50. The van der Waals surface area contributed by atoms with E-state index in [1.54, 1.807) is 0 Å². The van der Waals surface area contributed by atoms with E-state index in [1.165, 1.54) is 0 Å². The van der Waals surface area contributed by atoms with Gasteiger partial charge in [0.1, 0.15) is 0 Å². The highest BCUT2D eigenvalue weighted by Gasteiger charge is 2.41. The monoisotopic (exact) mass is 196 g/mol. The lowest BCUT2D eigenvalue weighted by atomic mass is 9.81. The van der Waals surface area contributed by atoms with E-state index in [0.29, 0.717) is 12.8 Å². The lowest BCUT2D eigenvalue weighted by molar-refractivity contribution is -0.0547. The largest absolute Gasteiger partial charge is 0.254 e. The van der Waals surface area contributed by atoms with Crippen molar-refractivity contribution >= 4 is 0 Å². The van der Waals surface area contributed by atoms with Crippen molar-refractivity contribution in [3.05, 3.63) is 35.9 Å². The Bertz CT molecular complexity index is 292. The predicted molar refractivity (Wildman–Crippen MR) is 52.6 cm³/mol. The van der Waals surface area contributed by atoms with Crippen LogP contribution in [-0.4, -0.2) is 5.92 Å². The Kier molecular flexibility index (Phi) is 2.53. The molecule has 1 aliphatic carbocycles. The molecule has 0 bridgehead atoms. The molecule has 14 heavy (non-hydrogen) atoms. The molecule has 0 radical (unpaired) electrons. The number of rotatable bonds is 1. The van der Waals surface area contributed by atoms with Crippen molar-refractivity contribution in [2.24, 2.45) is 0 Å². The molecule has 0 unspecified atom stereocenters. The van der Waals surface area contributed by atoms with Gasteiger partial charge in [-0.3, -0.25) is 0 Å². The summed E-state index contributed by atoms with van der Waals surface area (Å²) in [6, 6.07) is 9.15. The fourth-order valence-corrected chi connectivity index (χ4v) is 2.19. The average Bonchev–Trinajstić information content (AvgIpc) is 2.18. The van der Waals surface area contributed by atoms with Gasteiger partial charge in [-0.05, 0) is 18.4 Å². The first kappa shape index (κ1) is 9.63. The highest BCUT2D eigenvalue weighted by atomic mass is 19.3. The van der Waals surface area contributed by atoms with E-state index < -0.39 is 11.8 Å². The van der Waals surface area contributed by atoms with Crippen LogP contribution in [0.15, 0.2) is 30.3 Å². The summed E-state index contributed by atoms with van der Waals surface area (Å²) < 4.78 is 27.1. The van der Waals surface area contributed by atoms with E-state index in [-0.39, 0.29) is 6.42 Å². The fraction of sp³-hybridized carbons (Fsp3) is 0.500. The number of halogens is 2. The quantitative estimate of drug-likeness (QED) is 0.637. The van der Waals surface area contributed by atoms with Gasteiger partial charge in [-0.25, -0.2) is 8.78 Å². The zero-order valence-corrected chi connectivity index (χ0v) is 8.05. The van der Waals surface area contributed by atoms with E-state index in [9.17, 15) is 8.78 Å². The van der Waals surface area contributed by atoms with Crippen molar-refractivity contribution in [1.29, 1.82) is 0 Å². The molecule has 76 valence electrons. The maximum absolute atomic E-state index is 13.6. The van der Waals surface area contributed by atoms with Crippen LogP contribution in [0.4, 0.5) is 8.78 Å². The maximum atomic E-state index is 13.6. The molecule has 0 saturated heterocycles. The average molecular weight is 196 g/mol. The summed E-state index contributed by atoms with van der Waals surface area (Å²) in [4.78, 5) is 0. The van der Waals surface area contributed by atoms with Gasteiger partial charge in [0.15, 0.2) is 0 Å². The summed E-state index contributed by atoms with van der Waals surface area (Å²) in [5.41, 5.74) is 0.789. The second kappa shape index (κ2) is 3.68. The van der Waals surface area contributed by atoms with Gasteiger partial charge < -0.3 is 0 Å². The number of benzene rings is 1. The van der Waals surface area contributed by atoms with Gasteiger partial charge in [0.05, 0.1) is 0 Å². The van der Waals surface area contributed by atoms with Gasteiger partial charge in [-0.1, -0.05) is 36.8 Å². The first-order valence-electron chi connectivity index (χ1n) is 5.13. The van der Waals surface area contributed by atoms with Crippen LogP contribution in [0.5, 0.6) is 0 Å². The molecule has 1 aliphatic rings. The summed E-state index contributed by atoms with van der Waals surface area (Å²) >= 11 is 0. The lowest BCUT2D eigenvalue weighted by Gasteiger charge is -2.31. The van der Waals surface area contributed by atoms with Crippen LogP contribution in [0, 0.1) is 0 Å². The molecular weight excluding hydrogens is 182 g/mol. The van der Waals surface area contributed by atoms with Crippen LogP contribution in [0.25, 0.3) is 0 Å². The van der Waals surface area contributed by atoms with Gasteiger partial charge in [-0.2, -0.15) is 0 Å². The molecule has 1 fully saturated rings. The molecule has 0 aromatic heterocycles. The zero-order valence-electron chi connectivity index (χ0n) is 8.05. The molecule has 0 spiro atoms. The molecule has 0 nitrogen and oxygen atoms in total. The molecule has 0 N–H and O–H groups in total. The second-order valence-corrected chi connectivity index (χ2v) is 3.97. The van der Waals surface area contributed by atoms with Gasteiger partial charge in [-0.15, -0.1) is 0 Å². The van der Waals surface area contributed by atoms with Crippen molar-refractivity contribution in [3.63, 3.8) is 0 Å². The summed E-state index contributed by atoms with van der Waals surface area (Å²) in [6.07, 6.45) is 2.26. The van der Waals surface area contributed by atoms with E-state index >= 15 is 0 Å². The van der Waals surface area contributed by atoms with Gasteiger partial charge in [0.25, 0.3) is 5.92 Å². The molecule has 2 rings (SSSR count). The number of hydrogen-bond acceptors (Lipinski definition) is 0. The van der Waals surface area contributed by atoms with E-state index in [0.717, 1.165) is 12.0 Å². The molecule has 0 heterocycles. The molecule has 1 aromatic rings. The SMILES string of the molecule is FC1(F)CCCC[C@@H]1c1ccccc1. The highest BCUT2D eigenvalue weighted by Crippen LogP contribution is 2.44. The number of hydrogen-bond donors (Lipinski definition) is 0. The Morgan fingerprint density at radius 1 is 1.07 bits per heavy atom. The van der Waals surface area contributed by atoms with E-state index in [1.807, 2.05) is 30.3 Å². The summed E-state index contributed by atoms with van der Waals surface area (Å²) in [6.45, 7) is 0. The molecular formula is C12H14F2. The third-order valence-corrected chi connectivity index (χ3v) is 2.96. The third-order valence-electron chi connectivity index (χ3n) is 2.96. The van der Waals surface area contributed by atoms with Crippen LogP contribution in [0.3, 0.4) is 0 Å². The standard InChI is InChI=1S/C12H14F2/c13-12(14)9-5-4-8-11(12)10-6-2-1-3-7-10/h1-3,6-7,11H,4-5,8-9H2/t11-/m1/s1. The van der Waals surface area contributed by atoms with Crippen molar-refractivity contribution in [2.45, 2.75) is 37.5 Å². The minimum absolute atomic E-state index is 0.0482. The normalized spacial score (nSPS) is 26.0. The minimum Gasteiger partial charge on any atom is -0.206 e. The Labute approximate surface area is 82.9 Å². The Hall–Kier alpha value is -0.920. The van der Waals surface area contributed by atoms with Crippen LogP contribution in [-0.2, 0) is 0 Å². The molecule has 1 aromatic carbocycles. The van der Waals surface area contributed by atoms with E-state index in [4.69, 9.17) is 0 Å². The molecule has 2 heteroatoms. The first-order valence-corrected chi connectivity index (χ1v) is 5.13. The van der Waals surface area contributed by atoms with Crippen molar-refractivity contribution in [1.82, 2.24) is 0 Å². The lowest BCUT2D eigenvalue weighted by Crippen LogP contribution is -2.29. The molecule has 1 saturated carbocycles. The molecule has 0 amide bonds. The van der Waals surface area contributed by atoms with Crippen LogP contribution < -0.4 is 0 Å². The van der Waals surface area contributed by atoms with Crippen LogP contribution in [0.1, 0.15) is 37.2 Å². The summed E-state index contributed by atoms with van der Waals surface area (Å²) in [5, 5.41) is 0. The topological polar surface area (TPSA) is 0 Å². The second-order valence-electron chi connectivity index (χ2n) is 3.97. The van der Waals surface area contributed by atoms with Gasteiger partial charge in [0.2, 0.25) is 0 Å². The first-order chi connectivity index (χ1) is 6.70. The smallest absolute Gasteiger partial charge is 0.206 e. The van der Waals surface area contributed by atoms with Gasteiger partial charge >= 0.3 is 0 Å².